The Bertz CT molecular complexity index is 240. The van der Waals surface area contributed by atoms with Crippen molar-refractivity contribution >= 4 is 0 Å². The van der Waals surface area contributed by atoms with Crippen LogP contribution in [0.5, 0.6) is 0 Å². The highest BCUT2D eigenvalue weighted by Gasteiger charge is 2.32. The zero-order chi connectivity index (χ0) is 13.0. The minimum atomic E-state index is 0.131. The van der Waals surface area contributed by atoms with Crippen LogP contribution in [0.3, 0.4) is 0 Å². The van der Waals surface area contributed by atoms with Crippen molar-refractivity contribution in [2.24, 2.45) is 5.73 Å². The fraction of sp³-hybridized carbons (Fsp3) is 1.00. The van der Waals surface area contributed by atoms with Crippen LogP contribution in [0.4, 0.5) is 0 Å². The van der Waals surface area contributed by atoms with Crippen LogP contribution in [0.1, 0.15) is 25.7 Å². The first kappa shape index (κ1) is 14.3. The van der Waals surface area contributed by atoms with Crippen LogP contribution in [-0.2, 0) is 0 Å². The Morgan fingerprint density at radius 3 is 2.11 bits per heavy atom. The SMILES string of the molecule is CN(C)CCN1CCN(CC2(N)CCCC2)CC1. The van der Waals surface area contributed by atoms with Gasteiger partial charge in [-0.2, -0.15) is 0 Å². The number of piperazine rings is 1. The number of nitrogens with two attached hydrogens (primary N) is 1. The molecule has 0 spiro atoms. The van der Waals surface area contributed by atoms with E-state index >= 15 is 0 Å². The van der Waals surface area contributed by atoms with Crippen LogP contribution in [-0.4, -0.2) is 80.1 Å². The molecule has 0 amide bonds. The quantitative estimate of drug-likeness (QED) is 0.772. The van der Waals surface area contributed by atoms with E-state index in [1.807, 2.05) is 0 Å². The molecule has 0 atom stereocenters. The molecular weight excluding hydrogens is 224 g/mol. The molecule has 2 N–H and O–H groups in total. The number of hydrogen-bond acceptors (Lipinski definition) is 4. The molecule has 4 heteroatoms. The molecule has 0 bridgehead atoms. The molecule has 1 saturated carbocycles. The Labute approximate surface area is 112 Å². The maximum atomic E-state index is 6.46. The second-order valence-corrected chi connectivity index (χ2v) is 6.49. The second kappa shape index (κ2) is 6.33. The largest absolute Gasteiger partial charge is 0.324 e. The van der Waals surface area contributed by atoms with Gasteiger partial charge in [0.15, 0.2) is 0 Å². The number of hydrogen-bond donors (Lipinski definition) is 1. The lowest BCUT2D eigenvalue weighted by Gasteiger charge is -2.39. The van der Waals surface area contributed by atoms with Crippen molar-refractivity contribution in [3.8, 4) is 0 Å². The first-order valence-corrected chi connectivity index (χ1v) is 7.46. The summed E-state index contributed by atoms with van der Waals surface area (Å²) in [4.78, 5) is 7.42. The van der Waals surface area contributed by atoms with E-state index in [4.69, 9.17) is 5.73 Å². The second-order valence-electron chi connectivity index (χ2n) is 6.49. The van der Waals surface area contributed by atoms with Gasteiger partial charge in [0.1, 0.15) is 0 Å². The van der Waals surface area contributed by atoms with E-state index in [-0.39, 0.29) is 5.54 Å². The summed E-state index contributed by atoms with van der Waals surface area (Å²) >= 11 is 0. The predicted octanol–water partition coefficient (Wildman–Crippen LogP) is 0.437. The fourth-order valence-electron chi connectivity index (χ4n) is 3.19. The van der Waals surface area contributed by atoms with E-state index in [0.29, 0.717) is 0 Å². The molecule has 0 radical (unpaired) electrons. The van der Waals surface area contributed by atoms with E-state index in [1.54, 1.807) is 0 Å². The molecule has 18 heavy (non-hydrogen) atoms. The van der Waals surface area contributed by atoms with Gasteiger partial charge in [0.2, 0.25) is 0 Å². The summed E-state index contributed by atoms with van der Waals surface area (Å²) < 4.78 is 0. The lowest BCUT2D eigenvalue weighted by Crippen LogP contribution is -2.54. The highest BCUT2D eigenvalue weighted by atomic mass is 15.3. The lowest BCUT2D eigenvalue weighted by molar-refractivity contribution is 0.106. The maximum absolute atomic E-state index is 6.46. The third kappa shape index (κ3) is 4.19. The Hall–Kier alpha value is -0.160. The van der Waals surface area contributed by atoms with E-state index in [2.05, 4.69) is 28.8 Å². The molecule has 0 unspecified atom stereocenters. The van der Waals surface area contributed by atoms with Gasteiger partial charge in [0.05, 0.1) is 0 Å². The summed E-state index contributed by atoms with van der Waals surface area (Å²) in [5.41, 5.74) is 6.59. The zero-order valence-electron chi connectivity index (χ0n) is 12.2. The highest BCUT2D eigenvalue weighted by molar-refractivity contribution is 4.93. The molecule has 0 aromatic carbocycles. The number of rotatable bonds is 5. The molecule has 2 rings (SSSR count). The van der Waals surface area contributed by atoms with Gasteiger partial charge in [-0.05, 0) is 26.9 Å². The topological polar surface area (TPSA) is 35.7 Å². The maximum Gasteiger partial charge on any atom is 0.0283 e. The molecule has 1 aliphatic heterocycles. The van der Waals surface area contributed by atoms with Crippen LogP contribution < -0.4 is 5.73 Å². The molecule has 2 aliphatic rings. The summed E-state index contributed by atoms with van der Waals surface area (Å²) in [6.07, 6.45) is 5.13. The van der Waals surface area contributed by atoms with E-state index in [9.17, 15) is 0 Å². The first-order valence-electron chi connectivity index (χ1n) is 7.46. The fourth-order valence-corrected chi connectivity index (χ4v) is 3.19. The van der Waals surface area contributed by atoms with Crippen LogP contribution in [0.2, 0.25) is 0 Å². The molecule has 1 saturated heterocycles. The lowest BCUT2D eigenvalue weighted by atomic mass is 9.98. The van der Waals surface area contributed by atoms with Crippen molar-refractivity contribution in [3.63, 3.8) is 0 Å². The van der Waals surface area contributed by atoms with E-state index < -0.39 is 0 Å². The van der Waals surface area contributed by atoms with E-state index in [0.717, 1.165) is 6.54 Å². The minimum absolute atomic E-state index is 0.131. The molecule has 0 aromatic rings. The third-order valence-corrected chi connectivity index (χ3v) is 4.47. The Morgan fingerprint density at radius 1 is 1.00 bits per heavy atom. The Morgan fingerprint density at radius 2 is 1.56 bits per heavy atom. The average molecular weight is 254 g/mol. The molecule has 2 fully saturated rings. The van der Waals surface area contributed by atoms with Crippen LogP contribution in [0.25, 0.3) is 0 Å². The van der Waals surface area contributed by atoms with Crippen molar-refractivity contribution in [2.75, 3.05) is 59.9 Å². The smallest absolute Gasteiger partial charge is 0.0283 e. The summed E-state index contributed by atoms with van der Waals surface area (Å²) in [6.45, 7) is 8.32. The number of nitrogens with zero attached hydrogens (tertiary/aromatic N) is 3. The van der Waals surface area contributed by atoms with Crippen molar-refractivity contribution in [2.45, 2.75) is 31.2 Å². The summed E-state index contributed by atoms with van der Waals surface area (Å²) in [5.74, 6) is 0. The normalized spacial score (nSPS) is 26.0. The summed E-state index contributed by atoms with van der Waals surface area (Å²) in [6, 6.07) is 0. The van der Waals surface area contributed by atoms with Gasteiger partial charge < -0.3 is 10.6 Å². The molecule has 106 valence electrons. The number of likely N-dealkylation sites (N-methyl/N-ethyl adjacent to an activating group) is 1. The van der Waals surface area contributed by atoms with Gasteiger partial charge in [-0.3, -0.25) is 9.80 Å². The van der Waals surface area contributed by atoms with Crippen LogP contribution >= 0.6 is 0 Å². The Kier molecular flexibility index (Phi) is 5.01. The average Bonchev–Trinajstić information content (AvgIpc) is 2.75. The van der Waals surface area contributed by atoms with Gasteiger partial charge in [0.25, 0.3) is 0 Å². The molecule has 1 aliphatic carbocycles. The van der Waals surface area contributed by atoms with Gasteiger partial charge in [0, 0.05) is 51.4 Å². The van der Waals surface area contributed by atoms with Gasteiger partial charge in [-0.25, -0.2) is 0 Å². The van der Waals surface area contributed by atoms with Crippen molar-refractivity contribution in [1.29, 1.82) is 0 Å². The van der Waals surface area contributed by atoms with Gasteiger partial charge >= 0.3 is 0 Å². The van der Waals surface area contributed by atoms with Crippen molar-refractivity contribution < 1.29 is 0 Å². The van der Waals surface area contributed by atoms with Gasteiger partial charge in [-0.15, -0.1) is 0 Å². The molecule has 4 nitrogen and oxygen atoms in total. The molecular formula is C14H30N4. The zero-order valence-corrected chi connectivity index (χ0v) is 12.2. The monoisotopic (exact) mass is 254 g/mol. The van der Waals surface area contributed by atoms with Gasteiger partial charge in [-0.1, -0.05) is 12.8 Å². The third-order valence-electron chi connectivity index (χ3n) is 4.47. The summed E-state index contributed by atoms with van der Waals surface area (Å²) in [7, 11) is 4.29. The Balaban J connectivity index is 1.67. The highest BCUT2D eigenvalue weighted by Crippen LogP contribution is 2.28. The first-order chi connectivity index (χ1) is 8.57. The van der Waals surface area contributed by atoms with Crippen molar-refractivity contribution in [3.05, 3.63) is 0 Å². The molecule has 0 aromatic heterocycles. The summed E-state index contributed by atoms with van der Waals surface area (Å²) in [5, 5.41) is 0. The van der Waals surface area contributed by atoms with Crippen LogP contribution in [0, 0.1) is 0 Å². The van der Waals surface area contributed by atoms with Crippen LogP contribution in [0.15, 0.2) is 0 Å². The molecule has 1 heterocycles. The minimum Gasteiger partial charge on any atom is -0.324 e. The van der Waals surface area contributed by atoms with Crippen molar-refractivity contribution in [1.82, 2.24) is 14.7 Å². The standard InChI is InChI=1S/C14H30N4/c1-16(2)7-8-17-9-11-18(12-10-17)13-14(15)5-3-4-6-14/h3-13,15H2,1-2H3. The predicted molar refractivity (Wildman–Crippen MR) is 76.8 cm³/mol. The van der Waals surface area contributed by atoms with E-state index in [1.165, 1.54) is 65.0 Å².